The van der Waals surface area contributed by atoms with Gasteiger partial charge in [0.05, 0.1) is 27.8 Å². The summed E-state index contributed by atoms with van der Waals surface area (Å²) in [6.45, 7) is 4.44. The number of hydrogen-bond acceptors (Lipinski definition) is 4. The van der Waals surface area contributed by atoms with Gasteiger partial charge in [0.2, 0.25) is 15.9 Å². The molecule has 1 saturated heterocycles. The molecule has 9 heteroatoms. The molecule has 2 aromatic rings. The number of anilines is 1. The number of sulfonamides is 1. The average molecular weight is 485 g/mol. The second kappa shape index (κ2) is 10.2. The number of piperidine rings is 1. The predicted molar refractivity (Wildman–Crippen MR) is 124 cm³/mol. The Morgan fingerprint density at radius 2 is 1.87 bits per heavy atom. The van der Waals surface area contributed by atoms with E-state index in [2.05, 4.69) is 5.32 Å². The molecule has 168 valence electrons. The van der Waals surface area contributed by atoms with Crippen LogP contribution in [0.4, 0.5) is 5.69 Å². The third-order valence-corrected chi connectivity index (χ3v) is 7.53. The van der Waals surface area contributed by atoms with Crippen LogP contribution in [0.15, 0.2) is 42.5 Å². The first-order valence-corrected chi connectivity index (χ1v) is 12.5. The van der Waals surface area contributed by atoms with E-state index in [1.54, 1.807) is 42.5 Å². The summed E-state index contributed by atoms with van der Waals surface area (Å²) < 4.78 is 32.8. The normalized spacial score (nSPS) is 17.5. The Morgan fingerprint density at radius 3 is 2.52 bits per heavy atom. The van der Waals surface area contributed by atoms with Crippen molar-refractivity contribution in [2.75, 3.05) is 18.4 Å². The topological polar surface area (TPSA) is 75.7 Å². The molecule has 0 radical (unpaired) electrons. The summed E-state index contributed by atoms with van der Waals surface area (Å²) >= 11 is 11.9. The Bertz CT molecular complexity index is 1030. The highest BCUT2D eigenvalue weighted by Crippen LogP contribution is 2.26. The van der Waals surface area contributed by atoms with Crippen LogP contribution < -0.4 is 10.1 Å². The van der Waals surface area contributed by atoms with E-state index in [0.717, 1.165) is 5.75 Å². The molecule has 1 heterocycles. The van der Waals surface area contributed by atoms with E-state index < -0.39 is 15.9 Å². The van der Waals surface area contributed by atoms with Crippen molar-refractivity contribution >= 4 is 44.8 Å². The monoisotopic (exact) mass is 484 g/mol. The molecule has 0 aromatic heterocycles. The summed E-state index contributed by atoms with van der Waals surface area (Å²) in [6, 6.07) is 11.9. The fourth-order valence-electron chi connectivity index (χ4n) is 3.47. The van der Waals surface area contributed by atoms with Crippen molar-refractivity contribution in [3.8, 4) is 5.75 Å². The Kier molecular flexibility index (Phi) is 7.86. The number of benzene rings is 2. The largest absolute Gasteiger partial charge is 0.491 e. The van der Waals surface area contributed by atoms with Gasteiger partial charge in [0.1, 0.15) is 5.75 Å². The number of nitrogens with zero attached hydrogens (tertiary/aromatic N) is 1. The zero-order chi connectivity index (χ0) is 22.6. The van der Waals surface area contributed by atoms with E-state index in [0.29, 0.717) is 40.7 Å². The lowest BCUT2D eigenvalue weighted by atomic mass is 9.99. The standard InChI is InChI=1S/C22H26Cl2N2O4S/c1-15(2)30-19-8-6-18(7-9-19)25-22(27)17-4-3-11-26(13-17)31(28,29)14-16-5-10-20(23)21(24)12-16/h5-10,12,15,17H,3-4,11,13-14H2,1-2H3,(H,25,27)/t17-/m1/s1. The smallest absolute Gasteiger partial charge is 0.228 e. The summed E-state index contributed by atoms with van der Waals surface area (Å²) in [7, 11) is -3.59. The van der Waals surface area contributed by atoms with Crippen molar-refractivity contribution in [3.63, 3.8) is 0 Å². The number of carbonyl (C=O) groups is 1. The lowest BCUT2D eigenvalue weighted by molar-refractivity contribution is -0.120. The van der Waals surface area contributed by atoms with Crippen molar-refractivity contribution < 1.29 is 17.9 Å². The van der Waals surface area contributed by atoms with Crippen molar-refractivity contribution in [2.45, 2.75) is 38.5 Å². The van der Waals surface area contributed by atoms with Crippen LogP contribution in [0.5, 0.6) is 5.75 Å². The molecule has 2 aromatic carbocycles. The molecular formula is C22H26Cl2N2O4S. The number of carbonyl (C=O) groups excluding carboxylic acids is 1. The van der Waals surface area contributed by atoms with E-state index in [1.165, 1.54) is 4.31 Å². The molecule has 1 atom stereocenters. The maximum Gasteiger partial charge on any atom is 0.228 e. The predicted octanol–water partition coefficient (Wildman–Crippen LogP) is 4.96. The minimum Gasteiger partial charge on any atom is -0.491 e. The molecule has 1 N–H and O–H groups in total. The number of amides is 1. The molecule has 6 nitrogen and oxygen atoms in total. The third kappa shape index (κ3) is 6.59. The van der Waals surface area contributed by atoms with E-state index in [4.69, 9.17) is 27.9 Å². The van der Waals surface area contributed by atoms with Crippen LogP contribution in [0.2, 0.25) is 10.0 Å². The number of ether oxygens (including phenoxy) is 1. The van der Waals surface area contributed by atoms with Crippen LogP contribution in [-0.4, -0.2) is 37.8 Å². The van der Waals surface area contributed by atoms with Crippen LogP contribution >= 0.6 is 23.2 Å². The lowest BCUT2D eigenvalue weighted by Gasteiger charge is -2.31. The molecule has 1 aliphatic rings. The van der Waals surface area contributed by atoms with Crippen molar-refractivity contribution in [2.24, 2.45) is 5.92 Å². The summed E-state index contributed by atoms with van der Waals surface area (Å²) in [5, 5.41) is 3.57. The number of hydrogen-bond donors (Lipinski definition) is 1. The molecule has 0 bridgehead atoms. The molecule has 0 spiro atoms. The van der Waals surface area contributed by atoms with Gasteiger partial charge in [-0.1, -0.05) is 29.3 Å². The number of rotatable bonds is 7. The van der Waals surface area contributed by atoms with Crippen molar-refractivity contribution in [1.82, 2.24) is 4.31 Å². The zero-order valence-electron chi connectivity index (χ0n) is 17.5. The fraction of sp³-hybridized carbons (Fsp3) is 0.409. The first kappa shape index (κ1) is 23.9. The molecule has 31 heavy (non-hydrogen) atoms. The van der Waals surface area contributed by atoms with Crippen LogP contribution in [-0.2, 0) is 20.6 Å². The van der Waals surface area contributed by atoms with E-state index in [1.807, 2.05) is 13.8 Å². The van der Waals surface area contributed by atoms with E-state index in [9.17, 15) is 13.2 Å². The highest BCUT2D eigenvalue weighted by Gasteiger charge is 2.32. The third-order valence-electron chi connectivity index (χ3n) is 4.98. The van der Waals surface area contributed by atoms with Crippen LogP contribution in [0.1, 0.15) is 32.3 Å². The Balaban J connectivity index is 1.62. The summed E-state index contributed by atoms with van der Waals surface area (Å²) in [6.07, 6.45) is 1.33. The van der Waals surface area contributed by atoms with Gasteiger partial charge in [0, 0.05) is 18.8 Å². The second-order valence-electron chi connectivity index (χ2n) is 7.88. The van der Waals surface area contributed by atoms with Gasteiger partial charge in [-0.25, -0.2) is 12.7 Å². The van der Waals surface area contributed by atoms with Gasteiger partial charge in [-0.05, 0) is 68.7 Å². The molecular weight excluding hydrogens is 459 g/mol. The quantitative estimate of drug-likeness (QED) is 0.602. The van der Waals surface area contributed by atoms with Crippen molar-refractivity contribution in [3.05, 3.63) is 58.1 Å². The zero-order valence-corrected chi connectivity index (χ0v) is 19.8. The Labute approximate surface area is 193 Å². The van der Waals surface area contributed by atoms with Gasteiger partial charge in [0.25, 0.3) is 0 Å². The maximum absolute atomic E-state index is 12.9. The Morgan fingerprint density at radius 1 is 1.16 bits per heavy atom. The first-order valence-electron chi connectivity index (χ1n) is 10.1. The molecule has 0 aliphatic carbocycles. The second-order valence-corrected chi connectivity index (χ2v) is 10.7. The highest BCUT2D eigenvalue weighted by molar-refractivity contribution is 7.88. The van der Waals surface area contributed by atoms with Gasteiger partial charge in [-0.3, -0.25) is 4.79 Å². The summed E-state index contributed by atoms with van der Waals surface area (Å²) in [4.78, 5) is 12.7. The van der Waals surface area contributed by atoms with Crippen LogP contribution in [0.3, 0.4) is 0 Å². The number of halogens is 2. The maximum atomic E-state index is 12.9. The van der Waals surface area contributed by atoms with E-state index in [-0.39, 0.29) is 24.3 Å². The van der Waals surface area contributed by atoms with Gasteiger partial charge in [0.15, 0.2) is 0 Å². The fourth-order valence-corrected chi connectivity index (χ4v) is 5.39. The summed E-state index contributed by atoms with van der Waals surface area (Å²) in [5.74, 6) is -0.0589. The minimum atomic E-state index is -3.59. The molecule has 1 aliphatic heterocycles. The molecule has 3 rings (SSSR count). The van der Waals surface area contributed by atoms with Gasteiger partial charge in [-0.2, -0.15) is 0 Å². The SMILES string of the molecule is CC(C)Oc1ccc(NC(=O)[C@@H]2CCCN(S(=O)(=O)Cc3ccc(Cl)c(Cl)c3)C2)cc1. The highest BCUT2D eigenvalue weighted by atomic mass is 35.5. The number of nitrogens with one attached hydrogen (secondary N) is 1. The molecule has 0 unspecified atom stereocenters. The van der Waals surface area contributed by atoms with Crippen molar-refractivity contribution in [1.29, 1.82) is 0 Å². The van der Waals surface area contributed by atoms with Crippen LogP contribution in [0.25, 0.3) is 0 Å². The van der Waals surface area contributed by atoms with Gasteiger partial charge in [-0.15, -0.1) is 0 Å². The lowest BCUT2D eigenvalue weighted by Crippen LogP contribution is -2.44. The van der Waals surface area contributed by atoms with Gasteiger partial charge < -0.3 is 10.1 Å². The average Bonchev–Trinajstić information content (AvgIpc) is 2.72. The molecule has 1 fully saturated rings. The summed E-state index contributed by atoms with van der Waals surface area (Å²) in [5.41, 5.74) is 1.21. The first-order chi connectivity index (χ1) is 14.6. The van der Waals surface area contributed by atoms with Gasteiger partial charge >= 0.3 is 0 Å². The molecule has 1 amide bonds. The molecule has 0 saturated carbocycles. The Hall–Kier alpha value is -1.80. The van der Waals surface area contributed by atoms with E-state index >= 15 is 0 Å². The minimum absolute atomic E-state index is 0.0690. The van der Waals surface area contributed by atoms with Crippen LogP contribution in [0, 0.1) is 5.92 Å².